The number of aromatic nitrogens is 3. The molecular weight excluding hydrogens is 299 g/mol. The number of nitrogens with zero attached hydrogens (tertiary/aromatic N) is 4. The van der Waals surface area contributed by atoms with Crippen LogP contribution in [0.1, 0.15) is 17.8 Å². The van der Waals surface area contributed by atoms with E-state index in [2.05, 4.69) is 20.0 Å². The number of morpholine rings is 1. The van der Waals surface area contributed by atoms with Crippen molar-refractivity contribution in [2.75, 3.05) is 24.6 Å². The standard InChI is InChI=1S/C16H15FN4O2/c1-10-19-16(20-23-10)14-9-21(7-8-22-14)13-5-6-18-15-11(13)3-2-4-12(15)17/h2-6,14H,7-9H2,1H3/t14-/m1/s1. The van der Waals surface area contributed by atoms with Gasteiger partial charge in [0.25, 0.3) is 0 Å². The van der Waals surface area contributed by atoms with E-state index in [0.29, 0.717) is 36.9 Å². The highest BCUT2D eigenvalue weighted by Gasteiger charge is 2.27. The smallest absolute Gasteiger partial charge is 0.223 e. The van der Waals surface area contributed by atoms with E-state index in [0.717, 1.165) is 11.1 Å². The van der Waals surface area contributed by atoms with Gasteiger partial charge in [0, 0.05) is 30.7 Å². The van der Waals surface area contributed by atoms with E-state index >= 15 is 0 Å². The molecule has 6 nitrogen and oxygen atoms in total. The van der Waals surface area contributed by atoms with Gasteiger partial charge in [-0.15, -0.1) is 0 Å². The predicted octanol–water partition coefficient (Wildman–Crippen LogP) is 2.64. The number of ether oxygens (including phenoxy) is 1. The van der Waals surface area contributed by atoms with Gasteiger partial charge in [-0.25, -0.2) is 4.39 Å². The van der Waals surface area contributed by atoms with E-state index in [1.54, 1.807) is 19.2 Å². The van der Waals surface area contributed by atoms with Crippen LogP contribution in [0, 0.1) is 12.7 Å². The predicted molar refractivity (Wildman–Crippen MR) is 81.6 cm³/mol. The Morgan fingerprint density at radius 2 is 2.22 bits per heavy atom. The number of benzene rings is 1. The van der Waals surface area contributed by atoms with Gasteiger partial charge in [-0.2, -0.15) is 4.98 Å². The Morgan fingerprint density at radius 1 is 1.30 bits per heavy atom. The van der Waals surface area contributed by atoms with Gasteiger partial charge >= 0.3 is 0 Å². The Morgan fingerprint density at radius 3 is 3.04 bits per heavy atom. The van der Waals surface area contributed by atoms with Crippen LogP contribution in [0.3, 0.4) is 0 Å². The summed E-state index contributed by atoms with van der Waals surface area (Å²) in [7, 11) is 0. The van der Waals surface area contributed by atoms with Gasteiger partial charge in [0.1, 0.15) is 17.4 Å². The second-order valence-electron chi connectivity index (χ2n) is 5.44. The maximum absolute atomic E-state index is 13.9. The van der Waals surface area contributed by atoms with Crippen LogP contribution in [0.15, 0.2) is 35.0 Å². The minimum Gasteiger partial charge on any atom is -0.366 e. The minimum atomic E-state index is -0.317. The number of halogens is 1. The van der Waals surface area contributed by atoms with E-state index < -0.39 is 0 Å². The molecule has 7 heteroatoms. The Labute approximate surface area is 131 Å². The summed E-state index contributed by atoms with van der Waals surface area (Å²) >= 11 is 0. The average molecular weight is 314 g/mol. The second-order valence-corrected chi connectivity index (χ2v) is 5.44. The first kappa shape index (κ1) is 14.1. The summed E-state index contributed by atoms with van der Waals surface area (Å²) in [5.74, 6) is 0.733. The molecule has 0 N–H and O–H groups in total. The number of para-hydroxylation sites is 1. The molecule has 0 unspecified atom stereocenters. The van der Waals surface area contributed by atoms with Crippen LogP contribution in [0.25, 0.3) is 10.9 Å². The molecule has 1 saturated heterocycles. The van der Waals surface area contributed by atoms with Crippen molar-refractivity contribution in [3.8, 4) is 0 Å². The van der Waals surface area contributed by atoms with Crippen LogP contribution < -0.4 is 4.90 Å². The number of hydrogen-bond acceptors (Lipinski definition) is 6. The highest BCUT2D eigenvalue weighted by Crippen LogP contribution is 2.30. The molecule has 3 heterocycles. The van der Waals surface area contributed by atoms with Gasteiger partial charge in [-0.3, -0.25) is 4.98 Å². The third-order valence-corrected chi connectivity index (χ3v) is 3.94. The number of rotatable bonds is 2. The van der Waals surface area contributed by atoms with Crippen LogP contribution in [0.2, 0.25) is 0 Å². The number of fused-ring (bicyclic) bond motifs is 1. The van der Waals surface area contributed by atoms with Gasteiger partial charge in [-0.1, -0.05) is 17.3 Å². The molecule has 1 fully saturated rings. The first-order valence-corrected chi connectivity index (χ1v) is 7.42. The van der Waals surface area contributed by atoms with Crippen molar-refractivity contribution in [3.05, 3.63) is 48.0 Å². The quantitative estimate of drug-likeness (QED) is 0.724. The van der Waals surface area contributed by atoms with Gasteiger partial charge in [-0.05, 0) is 12.1 Å². The Hall–Kier alpha value is -2.54. The van der Waals surface area contributed by atoms with Crippen molar-refractivity contribution in [3.63, 3.8) is 0 Å². The fraction of sp³-hybridized carbons (Fsp3) is 0.312. The third-order valence-electron chi connectivity index (χ3n) is 3.94. The summed E-state index contributed by atoms with van der Waals surface area (Å²) in [4.78, 5) is 10.5. The monoisotopic (exact) mass is 314 g/mol. The van der Waals surface area contributed by atoms with Crippen molar-refractivity contribution in [1.82, 2.24) is 15.1 Å². The molecule has 4 rings (SSSR count). The number of pyridine rings is 1. The lowest BCUT2D eigenvalue weighted by Crippen LogP contribution is -2.38. The van der Waals surface area contributed by atoms with Gasteiger partial charge < -0.3 is 14.2 Å². The second kappa shape index (κ2) is 5.58. The van der Waals surface area contributed by atoms with E-state index in [9.17, 15) is 4.39 Å². The van der Waals surface area contributed by atoms with Gasteiger partial charge in [0.05, 0.1) is 13.2 Å². The van der Waals surface area contributed by atoms with Crippen LogP contribution in [0.5, 0.6) is 0 Å². The van der Waals surface area contributed by atoms with Crippen molar-refractivity contribution in [2.24, 2.45) is 0 Å². The zero-order chi connectivity index (χ0) is 15.8. The van der Waals surface area contributed by atoms with Crippen molar-refractivity contribution < 1.29 is 13.7 Å². The van der Waals surface area contributed by atoms with Crippen molar-refractivity contribution in [2.45, 2.75) is 13.0 Å². The first-order chi connectivity index (χ1) is 11.2. The molecule has 0 amide bonds. The topological polar surface area (TPSA) is 64.3 Å². The van der Waals surface area contributed by atoms with Crippen LogP contribution in [-0.2, 0) is 4.74 Å². The molecule has 1 atom stereocenters. The Balaban J connectivity index is 1.69. The third kappa shape index (κ3) is 2.53. The summed E-state index contributed by atoms with van der Waals surface area (Å²) in [6.07, 6.45) is 1.36. The molecule has 1 aliphatic rings. The molecule has 1 aromatic carbocycles. The van der Waals surface area contributed by atoms with Crippen LogP contribution in [-0.4, -0.2) is 34.8 Å². The maximum Gasteiger partial charge on any atom is 0.223 e. The summed E-state index contributed by atoms with van der Waals surface area (Å²) in [6, 6.07) is 6.89. The number of hydrogen-bond donors (Lipinski definition) is 0. The Bertz CT molecular complexity index is 851. The molecule has 0 spiro atoms. The summed E-state index contributed by atoms with van der Waals surface area (Å²) in [6.45, 7) is 3.57. The molecule has 0 bridgehead atoms. The molecule has 0 aliphatic carbocycles. The fourth-order valence-corrected chi connectivity index (χ4v) is 2.87. The maximum atomic E-state index is 13.9. The van der Waals surface area contributed by atoms with Gasteiger partial charge in [0.2, 0.25) is 11.7 Å². The lowest BCUT2D eigenvalue weighted by atomic mass is 10.1. The average Bonchev–Trinajstić information content (AvgIpc) is 3.02. The van der Waals surface area contributed by atoms with Crippen LogP contribution in [0.4, 0.5) is 10.1 Å². The molecule has 118 valence electrons. The largest absolute Gasteiger partial charge is 0.366 e. The van der Waals surface area contributed by atoms with Crippen LogP contribution >= 0.6 is 0 Å². The summed E-state index contributed by atoms with van der Waals surface area (Å²) in [5.41, 5.74) is 1.31. The molecule has 3 aromatic rings. The molecule has 1 aliphatic heterocycles. The van der Waals surface area contributed by atoms with E-state index in [-0.39, 0.29) is 11.9 Å². The van der Waals surface area contributed by atoms with Gasteiger partial charge in [0.15, 0.2) is 0 Å². The lowest BCUT2D eigenvalue weighted by Gasteiger charge is -2.33. The summed E-state index contributed by atoms with van der Waals surface area (Å²) in [5, 5.41) is 4.72. The van der Waals surface area contributed by atoms with Crippen molar-refractivity contribution in [1.29, 1.82) is 0 Å². The SMILES string of the molecule is Cc1nc([C@H]2CN(c3ccnc4c(F)cccc34)CCO2)no1. The van der Waals surface area contributed by atoms with E-state index in [4.69, 9.17) is 9.26 Å². The van der Waals surface area contributed by atoms with E-state index in [1.165, 1.54) is 6.07 Å². The number of aryl methyl sites for hydroxylation is 1. The van der Waals surface area contributed by atoms with E-state index in [1.807, 2.05) is 12.1 Å². The molecule has 0 saturated carbocycles. The highest BCUT2D eigenvalue weighted by atomic mass is 19.1. The molecule has 0 radical (unpaired) electrons. The molecule has 2 aromatic heterocycles. The zero-order valence-corrected chi connectivity index (χ0v) is 12.6. The first-order valence-electron chi connectivity index (χ1n) is 7.42. The highest BCUT2D eigenvalue weighted by molar-refractivity contribution is 5.91. The fourth-order valence-electron chi connectivity index (χ4n) is 2.87. The molecular formula is C16H15FN4O2. The minimum absolute atomic E-state index is 0.266. The Kier molecular flexibility index (Phi) is 3.42. The number of anilines is 1. The zero-order valence-electron chi connectivity index (χ0n) is 12.6. The lowest BCUT2D eigenvalue weighted by molar-refractivity contribution is 0.0327. The van der Waals surface area contributed by atoms with Crippen molar-refractivity contribution >= 4 is 16.6 Å². The normalized spacial score (nSPS) is 18.5. The summed E-state index contributed by atoms with van der Waals surface area (Å²) < 4.78 is 24.7. The molecule has 23 heavy (non-hydrogen) atoms.